The molecular formula is C11H13F2NO4S2. The molecule has 5 nitrogen and oxygen atoms in total. The third kappa shape index (κ3) is 4.43. The van der Waals surface area contributed by atoms with E-state index in [1.165, 1.54) is 11.8 Å². The van der Waals surface area contributed by atoms with Gasteiger partial charge in [0.1, 0.15) is 22.6 Å². The molecule has 0 bridgehead atoms. The van der Waals surface area contributed by atoms with Crippen molar-refractivity contribution in [1.82, 2.24) is 4.72 Å². The molecule has 0 aliphatic rings. The Morgan fingerprint density at radius 1 is 1.45 bits per heavy atom. The maximum atomic E-state index is 13.4. The average Bonchev–Trinajstić information content (AvgIpc) is 2.33. The normalized spacial score (nSPS) is 13.2. The lowest BCUT2D eigenvalue weighted by molar-refractivity contribution is -0.139. The monoisotopic (exact) mass is 325 g/mol. The zero-order valence-electron chi connectivity index (χ0n) is 10.5. The van der Waals surface area contributed by atoms with Crippen LogP contribution in [0.3, 0.4) is 0 Å². The van der Waals surface area contributed by atoms with Crippen LogP contribution in [-0.4, -0.2) is 37.5 Å². The van der Waals surface area contributed by atoms with Gasteiger partial charge < -0.3 is 5.11 Å². The van der Waals surface area contributed by atoms with Crippen LogP contribution in [-0.2, 0) is 14.8 Å². The van der Waals surface area contributed by atoms with E-state index in [2.05, 4.69) is 0 Å². The Kier molecular flexibility index (Phi) is 5.90. The molecule has 1 atom stereocenters. The van der Waals surface area contributed by atoms with Crippen molar-refractivity contribution in [2.24, 2.45) is 0 Å². The van der Waals surface area contributed by atoms with Crippen molar-refractivity contribution in [3.8, 4) is 0 Å². The summed E-state index contributed by atoms with van der Waals surface area (Å²) in [6.07, 6.45) is 1.80. The first-order valence-corrected chi connectivity index (χ1v) is 8.34. The van der Waals surface area contributed by atoms with Gasteiger partial charge >= 0.3 is 5.97 Å². The molecular weight excluding hydrogens is 312 g/mol. The molecule has 2 N–H and O–H groups in total. The smallest absolute Gasteiger partial charge is 0.321 e. The number of hydrogen-bond acceptors (Lipinski definition) is 4. The number of carboxylic acid groups (broad SMARTS) is 1. The maximum absolute atomic E-state index is 13.4. The van der Waals surface area contributed by atoms with Gasteiger partial charge in [-0.2, -0.15) is 16.5 Å². The highest BCUT2D eigenvalue weighted by atomic mass is 32.2. The maximum Gasteiger partial charge on any atom is 0.321 e. The molecule has 112 valence electrons. The van der Waals surface area contributed by atoms with E-state index in [9.17, 15) is 22.0 Å². The van der Waals surface area contributed by atoms with Gasteiger partial charge in [0, 0.05) is 6.07 Å². The second kappa shape index (κ2) is 7.00. The highest BCUT2D eigenvalue weighted by molar-refractivity contribution is 7.98. The molecule has 0 heterocycles. The fourth-order valence-corrected chi connectivity index (χ4v) is 3.17. The summed E-state index contributed by atoms with van der Waals surface area (Å²) in [6, 6.07) is 0.596. The standard InChI is InChI=1S/C11H13F2NO4S2/c1-19-5-4-9(11(15)16)14-20(17,18)10-3-2-7(12)6-8(10)13/h2-3,6,9,14H,4-5H2,1H3,(H,15,16)/t9-/m1/s1. The minimum absolute atomic E-state index is 0.0541. The summed E-state index contributed by atoms with van der Waals surface area (Å²) in [6.45, 7) is 0. The summed E-state index contributed by atoms with van der Waals surface area (Å²) in [4.78, 5) is 10.2. The molecule has 0 saturated carbocycles. The van der Waals surface area contributed by atoms with Gasteiger partial charge in [-0.1, -0.05) is 0 Å². The Morgan fingerprint density at radius 3 is 2.60 bits per heavy atom. The van der Waals surface area contributed by atoms with Crippen LogP contribution in [0.4, 0.5) is 8.78 Å². The van der Waals surface area contributed by atoms with Gasteiger partial charge in [-0.05, 0) is 30.6 Å². The fourth-order valence-electron chi connectivity index (χ4n) is 1.41. The molecule has 1 aromatic rings. The van der Waals surface area contributed by atoms with Gasteiger partial charge in [-0.3, -0.25) is 4.79 Å². The number of nitrogens with one attached hydrogen (secondary N) is 1. The Morgan fingerprint density at radius 2 is 2.10 bits per heavy atom. The van der Waals surface area contributed by atoms with Crippen molar-refractivity contribution in [1.29, 1.82) is 0 Å². The number of benzene rings is 1. The van der Waals surface area contributed by atoms with Gasteiger partial charge in [0.2, 0.25) is 10.0 Å². The van der Waals surface area contributed by atoms with Crippen LogP contribution in [0.25, 0.3) is 0 Å². The fraction of sp³-hybridized carbons (Fsp3) is 0.364. The first-order valence-electron chi connectivity index (χ1n) is 5.47. The van der Waals surface area contributed by atoms with E-state index in [1.54, 1.807) is 6.26 Å². The third-order valence-electron chi connectivity index (χ3n) is 2.39. The molecule has 9 heteroatoms. The SMILES string of the molecule is CSCC[C@@H](NS(=O)(=O)c1ccc(F)cc1F)C(=O)O. The molecule has 0 fully saturated rings. The van der Waals surface area contributed by atoms with Gasteiger partial charge in [0.25, 0.3) is 0 Å². The molecule has 0 unspecified atom stereocenters. The summed E-state index contributed by atoms with van der Waals surface area (Å²) >= 11 is 1.35. The highest BCUT2D eigenvalue weighted by Gasteiger charge is 2.27. The van der Waals surface area contributed by atoms with E-state index in [0.29, 0.717) is 11.8 Å². The van der Waals surface area contributed by atoms with Gasteiger partial charge in [0.15, 0.2) is 0 Å². The van der Waals surface area contributed by atoms with Crippen molar-refractivity contribution in [2.45, 2.75) is 17.4 Å². The topological polar surface area (TPSA) is 83.5 Å². The minimum atomic E-state index is -4.36. The Hall–Kier alpha value is -1.19. The van der Waals surface area contributed by atoms with Crippen LogP contribution in [0, 0.1) is 11.6 Å². The first kappa shape index (κ1) is 16.9. The van der Waals surface area contributed by atoms with Gasteiger partial charge in [-0.15, -0.1) is 0 Å². The summed E-state index contributed by atoms with van der Waals surface area (Å²) < 4.78 is 51.9. The average molecular weight is 325 g/mol. The van der Waals surface area contributed by atoms with E-state index in [-0.39, 0.29) is 6.42 Å². The Balaban J connectivity index is 3.00. The zero-order chi connectivity index (χ0) is 15.3. The van der Waals surface area contributed by atoms with Crippen molar-refractivity contribution >= 4 is 27.8 Å². The van der Waals surface area contributed by atoms with Crippen LogP contribution in [0.2, 0.25) is 0 Å². The molecule has 0 amide bonds. The molecule has 0 radical (unpaired) electrons. The number of carbonyl (C=O) groups is 1. The second-order valence-corrected chi connectivity index (χ2v) is 6.54. The summed E-state index contributed by atoms with van der Waals surface area (Å²) in [7, 11) is -4.36. The minimum Gasteiger partial charge on any atom is -0.480 e. The molecule has 1 rings (SSSR count). The molecule has 20 heavy (non-hydrogen) atoms. The molecule has 1 aromatic carbocycles. The van der Waals surface area contributed by atoms with Gasteiger partial charge in [0.05, 0.1) is 0 Å². The molecule has 0 aliphatic carbocycles. The third-order valence-corrected chi connectivity index (χ3v) is 4.54. The van der Waals surface area contributed by atoms with Crippen molar-refractivity contribution in [3.63, 3.8) is 0 Å². The largest absolute Gasteiger partial charge is 0.480 e. The lowest BCUT2D eigenvalue weighted by atomic mass is 10.2. The molecule has 0 aromatic heterocycles. The number of aliphatic carboxylic acids is 1. The highest BCUT2D eigenvalue weighted by Crippen LogP contribution is 2.16. The summed E-state index contributed by atoms with van der Waals surface area (Å²) in [5.74, 6) is -3.12. The molecule has 0 spiro atoms. The number of carboxylic acids is 1. The van der Waals surface area contributed by atoms with Crippen LogP contribution in [0.5, 0.6) is 0 Å². The quantitative estimate of drug-likeness (QED) is 0.793. The predicted molar refractivity (Wildman–Crippen MR) is 71.1 cm³/mol. The number of thioether (sulfide) groups is 1. The lowest BCUT2D eigenvalue weighted by Gasteiger charge is -2.14. The van der Waals surface area contributed by atoms with Crippen molar-refractivity contribution < 1.29 is 27.1 Å². The van der Waals surface area contributed by atoms with E-state index in [1.807, 2.05) is 4.72 Å². The van der Waals surface area contributed by atoms with E-state index in [4.69, 9.17) is 5.11 Å². The molecule has 0 saturated heterocycles. The van der Waals surface area contributed by atoms with E-state index >= 15 is 0 Å². The van der Waals surface area contributed by atoms with Crippen molar-refractivity contribution in [3.05, 3.63) is 29.8 Å². The zero-order valence-corrected chi connectivity index (χ0v) is 12.1. The molecule has 0 aliphatic heterocycles. The van der Waals surface area contributed by atoms with Crippen LogP contribution >= 0.6 is 11.8 Å². The lowest BCUT2D eigenvalue weighted by Crippen LogP contribution is -2.41. The van der Waals surface area contributed by atoms with E-state index < -0.39 is 38.6 Å². The second-order valence-electron chi connectivity index (χ2n) is 3.87. The van der Waals surface area contributed by atoms with Crippen LogP contribution in [0.1, 0.15) is 6.42 Å². The number of sulfonamides is 1. The Bertz CT molecular complexity index is 592. The van der Waals surface area contributed by atoms with Crippen LogP contribution in [0.15, 0.2) is 23.1 Å². The Labute approximate surface area is 119 Å². The first-order chi connectivity index (χ1) is 9.27. The van der Waals surface area contributed by atoms with Gasteiger partial charge in [-0.25, -0.2) is 17.2 Å². The van der Waals surface area contributed by atoms with Crippen molar-refractivity contribution in [2.75, 3.05) is 12.0 Å². The summed E-state index contributed by atoms with van der Waals surface area (Å²) in [5.41, 5.74) is 0. The number of halogens is 2. The summed E-state index contributed by atoms with van der Waals surface area (Å²) in [5, 5.41) is 8.93. The van der Waals surface area contributed by atoms with Crippen LogP contribution < -0.4 is 4.72 Å². The number of hydrogen-bond donors (Lipinski definition) is 2. The van der Waals surface area contributed by atoms with E-state index in [0.717, 1.165) is 12.1 Å². The predicted octanol–water partition coefficient (Wildman–Crippen LogP) is 1.45. The number of rotatable bonds is 7.